The molecule has 1 atom stereocenters. The van der Waals surface area contributed by atoms with Gasteiger partial charge in [0.1, 0.15) is 5.76 Å². The fraction of sp³-hybridized carbons (Fsp3) is 0.278. The molecular formula is C18H15F3N4O3. The van der Waals surface area contributed by atoms with Gasteiger partial charge in [-0.25, -0.2) is 18.0 Å². The van der Waals surface area contributed by atoms with Crippen LogP contribution < -0.4 is 5.32 Å². The van der Waals surface area contributed by atoms with Gasteiger partial charge in [-0.2, -0.15) is 0 Å². The van der Waals surface area contributed by atoms with Crippen LogP contribution in [0.1, 0.15) is 23.9 Å². The van der Waals surface area contributed by atoms with E-state index in [0.717, 1.165) is 12.1 Å². The number of rotatable bonds is 2. The summed E-state index contributed by atoms with van der Waals surface area (Å²) in [5.74, 6) is -3.36. The third-order valence-electron chi connectivity index (χ3n) is 4.58. The van der Waals surface area contributed by atoms with Crippen molar-refractivity contribution in [2.75, 3.05) is 5.32 Å². The average Bonchev–Trinajstić information content (AvgIpc) is 3.24. The van der Waals surface area contributed by atoms with Crippen LogP contribution in [-0.4, -0.2) is 27.3 Å². The number of fused-ring (bicyclic) bond motifs is 1. The Hall–Kier alpha value is -3.30. The standard InChI is InChI=1S/C18H15F3N4O3/c1-8-3-14-11(17(28-23-14)15-4-9(2)27-24-15)7-25(8)18(26)22-10-5-12(19)16(21)13(20)6-10/h4-6,8H,3,7H2,1-2H3,(H,22,26)/t8-/m0/s1. The molecule has 1 aliphatic heterocycles. The quantitative estimate of drug-likeness (QED) is 0.666. The first-order chi connectivity index (χ1) is 13.3. The van der Waals surface area contributed by atoms with Gasteiger partial charge in [-0.15, -0.1) is 0 Å². The minimum Gasteiger partial charge on any atom is -0.361 e. The van der Waals surface area contributed by atoms with E-state index in [1.165, 1.54) is 4.90 Å². The van der Waals surface area contributed by atoms with Crippen LogP contribution in [0.25, 0.3) is 11.5 Å². The maximum atomic E-state index is 13.4. The van der Waals surface area contributed by atoms with Crippen LogP contribution in [0.3, 0.4) is 0 Å². The van der Waals surface area contributed by atoms with Gasteiger partial charge in [0.25, 0.3) is 0 Å². The lowest BCUT2D eigenvalue weighted by Crippen LogP contribution is -2.44. The molecule has 0 saturated carbocycles. The molecule has 28 heavy (non-hydrogen) atoms. The van der Waals surface area contributed by atoms with Gasteiger partial charge >= 0.3 is 6.03 Å². The van der Waals surface area contributed by atoms with Crippen LogP contribution in [0.15, 0.2) is 27.2 Å². The van der Waals surface area contributed by atoms with Crippen molar-refractivity contribution in [3.63, 3.8) is 0 Å². The van der Waals surface area contributed by atoms with Crippen LogP contribution in [0.2, 0.25) is 0 Å². The normalized spacial score (nSPS) is 16.2. The van der Waals surface area contributed by atoms with E-state index in [9.17, 15) is 18.0 Å². The van der Waals surface area contributed by atoms with E-state index in [2.05, 4.69) is 15.6 Å². The lowest BCUT2D eigenvalue weighted by Gasteiger charge is -2.32. The molecule has 1 aromatic carbocycles. The van der Waals surface area contributed by atoms with Crippen molar-refractivity contribution in [1.82, 2.24) is 15.2 Å². The number of carbonyl (C=O) groups is 1. The lowest BCUT2D eigenvalue weighted by molar-refractivity contribution is 0.182. The molecule has 3 aromatic rings. The lowest BCUT2D eigenvalue weighted by atomic mass is 9.99. The van der Waals surface area contributed by atoms with Gasteiger partial charge in [0, 0.05) is 41.9 Å². The van der Waals surface area contributed by atoms with Crippen LogP contribution >= 0.6 is 0 Å². The third kappa shape index (κ3) is 3.10. The first-order valence-electron chi connectivity index (χ1n) is 8.46. The van der Waals surface area contributed by atoms with Gasteiger partial charge in [-0.05, 0) is 13.8 Å². The summed E-state index contributed by atoms with van der Waals surface area (Å²) in [6.07, 6.45) is 0.426. The molecule has 0 bridgehead atoms. The fourth-order valence-electron chi connectivity index (χ4n) is 3.15. The maximum absolute atomic E-state index is 13.4. The molecule has 7 nitrogen and oxygen atoms in total. The summed E-state index contributed by atoms with van der Waals surface area (Å²) < 4.78 is 50.3. The zero-order valence-corrected chi connectivity index (χ0v) is 14.9. The number of nitrogens with zero attached hydrogens (tertiary/aromatic N) is 3. The van der Waals surface area contributed by atoms with Gasteiger partial charge in [-0.1, -0.05) is 10.3 Å². The fourth-order valence-corrected chi connectivity index (χ4v) is 3.15. The number of aryl methyl sites for hydroxylation is 1. The Morgan fingerprint density at radius 1 is 1.18 bits per heavy atom. The highest BCUT2D eigenvalue weighted by Crippen LogP contribution is 2.32. The number of carbonyl (C=O) groups excluding carboxylic acids is 1. The van der Waals surface area contributed by atoms with Gasteiger partial charge < -0.3 is 19.3 Å². The van der Waals surface area contributed by atoms with Crippen LogP contribution in [0.5, 0.6) is 0 Å². The Labute approximate surface area is 157 Å². The molecule has 0 fully saturated rings. The minimum atomic E-state index is -1.59. The Kier molecular flexibility index (Phi) is 4.33. The summed E-state index contributed by atoms with van der Waals surface area (Å²) in [6.45, 7) is 3.70. The highest BCUT2D eigenvalue weighted by molar-refractivity contribution is 5.89. The smallest absolute Gasteiger partial charge is 0.322 e. The Morgan fingerprint density at radius 2 is 1.89 bits per heavy atom. The Balaban J connectivity index is 1.58. The number of hydrogen-bond donors (Lipinski definition) is 1. The monoisotopic (exact) mass is 392 g/mol. The summed E-state index contributed by atoms with van der Waals surface area (Å²) in [7, 11) is 0. The Bertz CT molecular complexity index is 1040. The van der Waals surface area contributed by atoms with E-state index in [4.69, 9.17) is 9.05 Å². The van der Waals surface area contributed by atoms with E-state index in [1.54, 1.807) is 13.0 Å². The first kappa shape index (κ1) is 18.1. The zero-order valence-electron chi connectivity index (χ0n) is 14.9. The predicted octanol–water partition coefficient (Wildman–Crippen LogP) is 4.03. The summed E-state index contributed by atoms with van der Waals surface area (Å²) in [5, 5.41) is 10.3. The van der Waals surface area contributed by atoms with Crippen LogP contribution in [0, 0.1) is 24.4 Å². The second kappa shape index (κ2) is 6.70. The summed E-state index contributed by atoms with van der Waals surface area (Å²) in [4.78, 5) is 14.1. The van der Waals surface area contributed by atoms with Crippen LogP contribution in [0.4, 0.5) is 23.7 Å². The molecule has 10 heteroatoms. The van der Waals surface area contributed by atoms with Crippen molar-refractivity contribution in [1.29, 1.82) is 0 Å². The molecule has 0 saturated heterocycles. The highest BCUT2D eigenvalue weighted by atomic mass is 19.2. The molecule has 0 radical (unpaired) electrons. The van der Waals surface area contributed by atoms with Gasteiger partial charge in [-0.3, -0.25) is 0 Å². The molecule has 2 amide bonds. The third-order valence-corrected chi connectivity index (χ3v) is 4.58. The molecule has 2 aromatic heterocycles. The van der Waals surface area contributed by atoms with Crippen molar-refractivity contribution in [2.24, 2.45) is 0 Å². The predicted molar refractivity (Wildman–Crippen MR) is 90.8 cm³/mol. The largest absolute Gasteiger partial charge is 0.361 e. The first-order valence-corrected chi connectivity index (χ1v) is 8.46. The van der Waals surface area contributed by atoms with E-state index < -0.39 is 23.5 Å². The van der Waals surface area contributed by atoms with Gasteiger partial charge in [0.05, 0.1) is 12.2 Å². The van der Waals surface area contributed by atoms with Crippen molar-refractivity contribution in [2.45, 2.75) is 32.9 Å². The minimum absolute atomic E-state index is 0.152. The number of anilines is 1. The van der Waals surface area contributed by atoms with E-state index in [0.29, 0.717) is 34.9 Å². The summed E-state index contributed by atoms with van der Waals surface area (Å²) in [6, 6.07) is 2.29. The maximum Gasteiger partial charge on any atom is 0.322 e. The summed E-state index contributed by atoms with van der Waals surface area (Å²) >= 11 is 0. The number of amides is 2. The number of urea groups is 1. The number of nitrogens with one attached hydrogen (secondary N) is 1. The second-order valence-corrected chi connectivity index (χ2v) is 6.62. The molecule has 1 aliphatic rings. The number of aromatic nitrogens is 2. The number of halogens is 3. The van der Waals surface area contributed by atoms with Crippen molar-refractivity contribution < 1.29 is 27.0 Å². The molecular weight excluding hydrogens is 377 g/mol. The van der Waals surface area contributed by atoms with Crippen molar-refractivity contribution in [3.8, 4) is 11.5 Å². The molecule has 4 rings (SSSR count). The molecule has 0 spiro atoms. The molecule has 0 aliphatic carbocycles. The SMILES string of the molecule is Cc1cc(-c2onc3c2CN(C(=O)Nc2cc(F)c(F)c(F)c2)[C@@H](C)C3)no1. The number of hydrogen-bond acceptors (Lipinski definition) is 5. The van der Waals surface area contributed by atoms with Crippen molar-refractivity contribution in [3.05, 3.63) is 52.7 Å². The van der Waals surface area contributed by atoms with Crippen molar-refractivity contribution >= 4 is 11.7 Å². The second-order valence-electron chi connectivity index (χ2n) is 6.62. The molecule has 1 N–H and O–H groups in total. The van der Waals surface area contributed by atoms with Gasteiger partial charge in [0.15, 0.2) is 28.9 Å². The highest BCUT2D eigenvalue weighted by Gasteiger charge is 2.33. The Morgan fingerprint density at radius 3 is 2.54 bits per heavy atom. The topological polar surface area (TPSA) is 84.4 Å². The summed E-state index contributed by atoms with van der Waals surface area (Å²) in [5.41, 5.74) is 1.66. The number of benzene rings is 1. The van der Waals surface area contributed by atoms with E-state index in [1.807, 2.05) is 6.92 Å². The molecule has 3 heterocycles. The van der Waals surface area contributed by atoms with E-state index in [-0.39, 0.29) is 18.3 Å². The molecule has 0 unspecified atom stereocenters. The van der Waals surface area contributed by atoms with E-state index >= 15 is 0 Å². The molecule has 146 valence electrons. The van der Waals surface area contributed by atoms with Crippen LogP contribution in [-0.2, 0) is 13.0 Å². The average molecular weight is 392 g/mol. The van der Waals surface area contributed by atoms with Gasteiger partial charge in [0.2, 0.25) is 0 Å². The zero-order chi connectivity index (χ0) is 20.0.